The zero-order valence-electron chi connectivity index (χ0n) is 18.9. The average Bonchev–Trinajstić information content (AvgIpc) is 3.37. The van der Waals surface area contributed by atoms with Crippen LogP contribution in [0.1, 0.15) is 28.3 Å². The molecule has 34 heavy (non-hydrogen) atoms. The van der Waals surface area contributed by atoms with Gasteiger partial charge in [-0.25, -0.2) is 4.98 Å². The first-order valence-corrected chi connectivity index (χ1v) is 11.6. The number of amides is 1. The highest BCUT2D eigenvalue weighted by atomic mass is 32.1. The lowest BCUT2D eigenvalue weighted by Crippen LogP contribution is -2.29. The minimum absolute atomic E-state index is 0.0505. The van der Waals surface area contributed by atoms with Crippen molar-refractivity contribution in [1.29, 1.82) is 0 Å². The molecule has 1 aliphatic rings. The summed E-state index contributed by atoms with van der Waals surface area (Å²) in [6, 6.07) is 19.4. The molecule has 0 spiro atoms. The molecule has 0 unspecified atom stereocenters. The van der Waals surface area contributed by atoms with E-state index in [1.165, 1.54) is 16.2 Å². The van der Waals surface area contributed by atoms with E-state index >= 15 is 0 Å². The van der Waals surface area contributed by atoms with Crippen LogP contribution in [-0.4, -0.2) is 28.9 Å². The van der Waals surface area contributed by atoms with Gasteiger partial charge in [0.25, 0.3) is 5.78 Å². The normalized spacial score (nSPS) is 17.5. The van der Waals surface area contributed by atoms with E-state index in [0.29, 0.717) is 22.0 Å². The van der Waals surface area contributed by atoms with Crippen LogP contribution in [0.15, 0.2) is 72.3 Å². The number of hydrogen-bond acceptors (Lipinski definition) is 6. The molecule has 1 fully saturated rings. The van der Waals surface area contributed by atoms with Crippen LogP contribution in [0.5, 0.6) is 5.75 Å². The molecule has 1 atom stereocenters. The average molecular weight is 471 g/mol. The first-order chi connectivity index (χ1) is 16.4. The molecule has 1 aliphatic heterocycles. The number of carbonyl (C=O) groups excluding carboxylic acids is 2. The summed E-state index contributed by atoms with van der Waals surface area (Å²) < 4.78 is 6.14. The van der Waals surface area contributed by atoms with Crippen LogP contribution < -0.4 is 9.64 Å². The van der Waals surface area contributed by atoms with Gasteiger partial charge in [0, 0.05) is 5.56 Å². The van der Waals surface area contributed by atoms with Gasteiger partial charge >= 0.3 is 5.91 Å². The van der Waals surface area contributed by atoms with E-state index in [2.05, 4.69) is 4.98 Å². The van der Waals surface area contributed by atoms with Crippen LogP contribution in [-0.2, 0) is 9.59 Å². The van der Waals surface area contributed by atoms with Gasteiger partial charge in [-0.2, -0.15) is 0 Å². The number of methoxy groups -OCH3 is 1. The van der Waals surface area contributed by atoms with Crippen LogP contribution in [0.4, 0.5) is 5.13 Å². The summed E-state index contributed by atoms with van der Waals surface area (Å²) in [6.07, 6.45) is 0. The van der Waals surface area contributed by atoms with Gasteiger partial charge in [-0.3, -0.25) is 14.5 Å². The van der Waals surface area contributed by atoms with E-state index in [1.54, 1.807) is 25.3 Å². The highest BCUT2D eigenvalue weighted by molar-refractivity contribution is 7.22. The van der Waals surface area contributed by atoms with Crippen molar-refractivity contribution >= 4 is 44.1 Å². The summed E-state index contributed by atoms with van der Waals surface area (Å²) in [6.45, 7) is 3.91. The SMILES string of the molecule is COc1ccc2nc(N3C(=O)C(=O)C(=C(O)c4ccc(C)cc4)[C@@H]3c3ccc(C)cc3)sc2c1. The number of thiazole rings is 1. The van der Waals surface area contributed by atoms with Crippen molar-refractivity contribution in [3.8, 4) is 5.75 Å². The highest BCUT2D eigenvalue weighted by Gasteiger charge is 2.48. The Balaban J connectivity index is 1.71. The third-order valence-electron chi connectivity index (χ3n) is 5.95. The molecule has 7 heteroatoms. The molecule has 0 bridgehead atoms. The van der Waals surface area contributed by atoms with Crippen LogP contribution in [0, 0.1) is 13.8 Å². The molecule has 0 aliphatic carbocycles. The smallest absolute Gasteiger partial charge is 0.301 e. The molecule has 1 aromatic heterocycles. The molecule has 0 radical (unpaired) electrons. The van der Waals surface area contributed by atoms with Crippen LogP contribution >= 0.6 is 11.3 Å². The van der Waals surface area contributed by atoms with Gasteiger partial charge in [-0.05, 0) is 37.6 Å². The topological polar surface area (TPSA) is 79.7 Å². The Hall–Kier alpha value is -3.97. The van der Waals surface area contributed by atoms with E-state index in [4.69, 9.17) is 4.74 Å². The van der Waals surface area contributed by atoms with E-state index in [1.807, 2.05) is 62.4 Å². The summed E-state index contributed by atoms with van der Waals surface area (Å²) in [5, 5.41) is 11.6. The molecule has 0 saturated carbocycles. The monoisotopic (exact) mass is 470 g/mol. The summed E-state index contributed by atoms with van der Waals surface area (Å²) in [7, 11) is 1.59. The van der Waals surface area contributed by atoms with Gasteiger partial charge in [-0.1, -0.05) is 71.0 Å². The number of carbonyl (C=O) groups is 2. The maximum Gasteiger partial charge on any atom is 0.301 e. The Morgan fingerprint density at radius 2 is 1.62 bits per heavy atom. The number of rotatable bonds is 4. The van der Waals surface area contributed by atoms with Crippen molar-refractivity contribution in [2.75, 3.05) is 12.0 Å². The fraction of sp³-hybridized carbons (Fsp3) is 0.148. The van der Waals surface area contributed by atoms with Crippen molar-refractivity contribution < 1.29 is 19.4 Å². The van der Waals surface area contributed by atoms with Gasteiger partial charge < -0.3 is 9.84 Å². The second-order valence-corrected chi connectivity index (χ2v) is 9.29. The fourth-order valence-electron chi connectivity index (χ4n) is 4.08. The van der Waals surface area contributed by atoms with E-state index in [9.17, 15) is 14.7 Å². The Morgan fingerprint density at radius 1 is 0.971 bits per heavy atom. The number of aryl methyl sites for hydroxylation is 2. The first-order valence-electron chi connectivity index (χ1n) is 10.8. The third-order valence-corrected chi connectivity index (χ3v) is 6.97. The maximum absolute atomic E-state index is 13.3. The predicted molar refractivity (Wildman–Crippen MR) is 133 cm³/mol. The fourth-order valence-corrected chi connectivity index (χ4v) is 5.10. The van der Waals surface area contributed by atoms with Crippen molar-refractivity contribution in [1.82, 2.24) is 4.98 Å². The number of nitrogens with zero attached hydrogens (tertiary/aromatic N) is 2. The molecule has 6 nitrogen and oxygen atoms in total. The quantitative estimate of drug-likeness (QED) is 0.240. The second-order valence-electron chi connectivity index (χ2n) is 8.28. The van der Waals surface area contributed by atoms with Crippen molar-refractivity contribution in [3.63, 3.8) is 0 Å². The molecular formula is C27H22N2O4S. The molecule has 1 amide bonds. The van der Waals surface area contributed by atoms with Gasteiger partial charge in [0.1, 0.15) is 11.5 Å². The predicted octanol–water partition coefficient (Wildman–Crippen LogP) is 5.55. The van der Waals surface area contributed by atoms with Crippen LogP contribution in [0.2, 0.25) is 0 Å². The number of Topliss-reactive ketones (excluding diaryl/α,β-unsaturated/α-hetero) is 1. The number of aromatic nitrogens is 1. The minimum atomic E-state index is -0.802. The Kier molecular flexibility index (Phi) is 5.42. The van der Waals surface area contributed by atoms with E-state index < -0.39 is 17.7 Å². The molecule has 170 valence electrons. The standard InChI is InChI=1S/C27H22N2O4S/c1-15-4-8-17(9-5-15)23-22(24(30)18-10-6-16(2)7-11-18)25(31)26(32)29(23)27-28-20-13-12-19(33-3)14-21(20)34-27/h4-14,23,30H,1-3H3/t23-/m0/s1. The number of ketones is 1. The molecule has 4 aromatic rings. The molecular weight excluding hydrogens is 448 g/mol. The number of hydrogen-bond donors (Lipinski definition) is 1. The van der Waals surface area contributed by atoms with Crippen molar-refractivity contribution in [3.05, 3.63) is 94.6 Å². The van der Waals surface area contributed by atoms with Gasteiger partial charge in [0.05, 0.1) is 28.9 Å². The Morgan fingerprint density at radius 3 is 2.26 bits per heavy atom. The highest BCUT2D eigenvalue weighted by Crippen LogP contribution is 2.44. The van der Waals surface area contributed by atoms with Crippen LogP contribution in [0.3, 0.4) is 0 Å². The zero-order chi connectivity index (χ0) is 24.0. The van der Waals surface area contributed by atoms with E-state index in [-0.39, 0.29) is 11.3 Å². The number of aliphatic hydroxyl groups is 1. The van der Waals surface area contributed by atoms with Gasteiger partial charge in [0.15, 0.2) is 5.13 Å². The minimum Gasteiger partial charge on any atom is -0.507 e. The second kappa shape index (κ2) is 8.43. The maximum atomic E-state index is 13.3. The lowest BCUT2D eigenvalue weighted by molar-refractivity contribution is -0.132. The van der Waals surface area contributed by atoms with Crippen molar-refractivity contribution in [2.45, 2.75) is 19.9 Å². The molecule has 1 N–H and O–H groups in total. The number of ether oxygens (including phenoxy) is 1. The molecule has 5 rings (SSSR count). The van der Waals surface area contributed by atoms with E-state index in [0.717, 1.165) is 21.4 Å². The number of anilines is 1. The number of benzene rings is 3. The summed E-state index contributed by atoms with van der Waals surface area (Å²) in [5.41, 5.74) is 4.02. The summed E-state index contributed by atoms with van der Waals surface area (Å²) >= 11 is 1.30. The Labute approximate surface area is 200 Å². The lowest BCUT2D eigenvalue weighted by atomic mass is 9.94. The number of aliphatic hydroxyl groups excluding tert-OH is 1. The zero-order valence-corrected chi connectivity index (χ0v) is 19.7. The summed E-state index contributed by atoms with van der Waals surface area (Å²) in [4.78, 5) is 32.6. The Bertz CT molecular complexity index is 1450. The van der Waals surface area contributed by atoms with Gasteiger partial charge in [-0.15, -0.1) is 0 Å². The first kappa shape index (κ1) is 21.9. The largest absolute Gasteiger partial charge is 0.507 e. The number of fused-ring (bicyclic) bond motifs is 1. The molecule has 2 heterocycles. The summed E-state index contributed by atoms with van der Waals surface area (Å²) in [5.74, 6) is -0.973. The van der Waals surface area contributed by atoms with Crippen molar-refractivity contribution in [2.24, 2.45) is 0 Å². The van der Waals surface area contributed by atoms with Crippen LogP contribution in [0.25, 0.3) is 16.0 Å². The third kappa shape index (κ3) is 3.64. The molecule has 3 aromatic carbocycles. The molecule has 1 saturated heterocycles. The van der Waals surface area contributed by atoms with Gasteiger partial charge in [0.2, 0.25) is 0 Å². The lowest BCUT2D eigenvalue weighted by Gasteiger charge is -2.23.